The summed E-state index contributed by atoms with van der Waals surface area (Å²) in [6.45, 7) is 2.19. The molecule has 0 unspecified atom stereocenters. The largest absolute Gasteiger partial charge is 0.303 e. The van der Waals surface area contributed by atoms with E-state index in [2.05, 4.69) is 19.1 Å². The fourth-order valence-electron chi connectivity index (χ4n) is 2.33. The lowest BCUT2D eigenvalue weighted by Crippen LogP contribution is -2.17. The van der Waals surface area contributed by atoms with Crippen LogP contribution in [0.3, 0.4) is 0 Å². The molecule has 0 aromatic carbocycles. The lowest BCUT2D eigenvalue weighted by Gasteiger charge is -2.18. The van der Waals surface area contributed by atoms with Crippen LogP contribution in [0.4, 0.5) is 0 Å². The van der Waals surface area contributed by atoms with Gasteiger partial charge >= 0.3 is 0 Å². The zero-order valence-corrected chi connectivity index (χ0v) is 6.16. The third-order valence-electron chi connectivity index (χ3n) is 3.08. The Hall–Kier alpha value is -0.590. The molecule has 2 bridgehead atoms. The third kappa shape index (κ3) is 0.606. The Kier molecular flexibility index (Phi) is 1.19. The minimum atomic E-state index is 0.329. The van der Waals surface area contributed by atoms with Gasteiger partial charge in [0.15, 0.2) is 0 Å². The number of carbonyl (C=O) groups is 1. The normalized spacial score (nSPS) is 50.1. The molecule has 1 fully saturated rings. The Labute approximate surface area is 61.1 Å². The van der Waals surface area contributed by atoms with Crippen molar-refractivity contribution in [3.05, 3.63) is 12.2 Å². The van der Waals surface area contributed by atoms with Gasteiger partial charge in [0.25, 0.3) is 0 Å². The van der Waals surface area contributed by atoms with E-state index in [0.29, 0.717) is 23.7 Å². The molecule has 2 rings (SSSR count). The SMILES string of the molecule is C[C@@H]1[C@H](C=O)[C@H]2C=C[C@H]1C2. The fourth-order valence-corrected chi connectivity index (χ4v) is 2.33. The van der Waals surface area contributed by atoms with E-state index in [-0.39, 0.29) is 0 Å². The van der Waals surface area contributed by atoms with E-state index < -0.39 is 0 Å². The first-order valence-electron chi connectivity index (χ1n) is 3.96. The van der Waals surface area contributed by atoms with Gasteiger partial charge in [-0.1, -0.05) is 19.1 Å². The van der Waals surface area contributed by atoms with Crippen molar-refractivity contribution < 1.29 is 4.79 Å². The summed E-state index contributed by atoms with van der Waals surface area (Å²) in [4.78, 5) is 10.6. The van der Waals surface area contributed by atoms with Crippen LogP contribution in [-0.2, 0) is 4.79 Å². The first-order valence-corrected chi connectivity index (χ1v) is 3.96. The van der Waals surface area contributed by atoms with Crippen LogP contribution in [0.5, 0.6) is 0 Å². The maximum absolute atomic E-state index is 10.6. The van der Waals surface area contributed by atoms with Crippen molar-refractivity contribution in [3.8, 4) is 0 Å². The molecule has 0 aliphatic heterocycles. The molecule has 0 saturated heterocycles. The van der Waals surface area contributed by atoms with Crippen molar-refractivity contribution in [2.24, 2.45) is 23.7 Å². The molecular weight excluding hydrogens is 124 g/mol. The van der Waals surface area contributed by atoms with E-state index >= 15 is 0 Å². The molecule has 0 spiro atoms. The fraction of sp³-hybridized carbons (Fsp3) is 0.667. The molecule has 54 valence electrons. The Morgan fingerprint density at radius 3 is 2.50 bits per heavy atom. The van der Waals surface area contributed by atoms with Crippen LogP contribution in [0.25, 0.3) is 0 Å². The molecule has 1 nitrogen and oxygen atoms in total. The Balaban J connectivity index is 2.25. The lowest BCUT2D eigenvalue weighted by molar-refractivity contribution is -0.112. The third-order valence-corrected chi connectivity index (χ3v) is 3.08. The summed E-state index contributed by atoms with van der Waals surface area (Å²) in [6, 6.07) is 0. The molecule has 4 atom stereocenters. The van der Waals surface area contributed by atoms with Crippen LogP contribution in [-0.4, -0.2) is 6.29 Å². The van der Waals surface area contributed by atoms with Gasteiger partial charge in [-0.25, -0.2) is 0 Å². The summed E-state index contributed by atoms with van der Waals surface area (Å²) in [6.07, 6.45) is 6.85. The van der Waals surface area contributed by atoms with Crippen LogP contribution in [0, 0.1) is 23.7 Å². The van der Waals surface area contributed by atoms with Gasteiger partial charge in [-0.05, 0) is 24.2 Å². The van der Waals surface area contributed by atoms with E-state index in [9.17, 15) is 4.79 Å². The van der Waals surface area contributed by atoms with E-state index in [0.717, 1.165) is 6.29 Å². The number of carbonyl (C=O) groups excluding carboxylic acids is 1. The van der Waals surface area contributed by atoms with Gasteiger partial charge in [0.2, 0.25) is 0 Å². The molecule has 0 amide bonds. The summed E-state index contributed by atoms with van der Waals surface area (Å²) in [7, 11) is 0. The highest BCUT2D eigenvalue weighted by Gasteiger charge is 2.41. The highest BCUT2D eigenvalue weighted by Crippen LogP contribution is 2.46. The number of allylic oxidation sites excluding steroid dienone is 2. The van der Waals surface area contributed by atoms with Gasteiger partial charge in [0, 0.05) is 5.92 Å². The summed E-state index contributed by atoms with van der Waals surface area (Å²) in [5.74, 6) is 2.22. The predicted octanol–water partition coefficient (Wildman–Crippen LogP) is 1.64. The van der Waals surface area contributed by atoms with E-state index in [1.807, 2.05) is 0 Å². The van der Waals surface area contributed by atoms with Gasteiger partial charge in [-0.15, -0.1) is 0 Å². The molecule has 1 saturated carbocycles. The van der Waals surface area contributed by atoms with E-state index in [1.54, 1.807) is 0 Å². The minimum absolute atomic E-state index is 0.329. The molecular formula is C9H12O. The van der Waals surface area contributed by atoms with Crippen molar-refractivity contribution in [1.29, 1.82) is 0 Å². The molecule has 10 heavy (non-hydrogen) atoms. The highest BCUT2D eigenvalue weighted by molar-refractivity contribution is 5.57. The number of rotatable bonds is 1. The Morgan fingerprint density at radius 2 is 2.10 bits per heavy atom. The van der Waals surface area contributed by atoms with Crippen molar-refractivity contribution >= 4 is 6.29 Å². The van der Waals surface area contributed by atoms with Gasteiger partial charge < -0.3 is 4.79 Å². The highest BCUT2D eigenvalue weighted by atomic mass is 16.1. The molecule has 0 aromatic heterocycles. The second-order valence-corrected chi connectivity index (χ2v) is 3.52. The summed E-state index contributed by atoms with van der Waals surface area (Å²) >= 11 is 0. The molecule has 2 aliphatic carbocycles. The second-order valence-electron chi connectivity index (χ2n) is 3.52. The number of hydrogen-bond acceptors (Lipinski definition) is 1. The maximum atomic E-state index is 10.6. The molecule has 0 N–H and O–H groups in total. The average Bonchev–Trinajstić information content (AvgIpc) is 2.46. The smallest absolute Gasteiger partial charge is 0.123 e. The molecule has 2 aliphatic rings. The molecule has 0 aromatic rings. The van der Waals surface area contributed by atoms with Gasteiger partial charge in [0.1, 0.15) is 6.29 Å². The van der Waals surface area contributed by atoms with Crippen LogP contribution in [0.2, 0.25) is 0 Å². The van der Waals surface area contributed by atoms with Crippen molar-refractivity contribution in [2.45, 2.75) is 13.3 Å². The van der Waals surface area contributed by atoms with Crippen molar-refractivity contribution in [3.63, 3.8) is 0 Å². The van der Waals surface area contributed by atoms with Crippen LogP contribution >= 0.6 is 0 Å². The number of aldehydes is 1. The standard InChI is InChI=1S/C9H12O/c1-6-7-2-3-8(4-7)9(6)5-10/h2-3,5-9H,4H2,1H3/t6-,7-,8-,9-/m0/s1. The van der Waals surface area contributed by atoms with Gasteiger partial charge in [-0.3, -0.25) is 0 Å². The molecule has 1 heteroatoms. The quantitative estimate of drug-likeness (QED) is 0.395. The second kappa shape index (κ2) is 1.94. The van der Waals surface area contributed by atoms with E-state index in [4.69, 9.17) is 0 Å². The first kappa shape index (κ1) is 6.14. The predicted molar refractivity (Wildman–Crippen MR) is 39.5 cm³/mol. The zero-order valence-electron chi connectivity index (χ0n) is 6.16. The van der Waals surface area contributed by atoms with Gasteiger partial charge in [-0.2, -0.15) is 0 Å². The first-order chi connectivity index (χ1) is 4.83. The van der Waals surface area contributed by atoms with Crippen molar-refractivity contribution in [1.82, 2.24) is 0 Å². The minimum Gasteiger partial charge on any atom is -0.303 e. The Bertz CT molecular complexity index is 183. The number of fused-ring (bicyclic) bond motifs is 2. The zero-order chi connectivity index (χ0) is 7.14. The van der Waals surface area contributed by atoms with E-state index in [1.165, 1.54) is 6.42 Å². The topological polar surface area (TPSA) is 17.1 Å². The average molecular weight is 136 g/mol. The van der Waals surface area contributed by atoms with Crippen LogP contribution in [0.15, 0.2) is 12.2 Å². The molecule has 0 heterocycles. The van der Waals surface area contributed by atoms with Crippen LogP contribution in [0.1, 0.15) is 13.3 Å². The van der Waals surface area contributed by atoms with Gasteiger partial charge in [0.05, 0.1) is 0 Å². The lowest BCUT2D eigenvalue weighted by atomic mass is 9.86. The summed E-state index contributed by atoms with van der Waals surface area (Å²) < 4.78 is 0. The Morgan fingerprint density at radius 1 is 1.40 bits per heavy atom. The van der Waals surface area contributed by atoms with Crippen molar-refractivity contribution in [2.75, 3.05) is 0 Å². The maximum Gasteiger partial charge on any atom is 0.123 e. The van der Waals surface area contributed by atoms with Crippen LogP contribution < -0.4 is 0 Å². The number of hydrogen-bond donors (Lipinski definition) is 0. The monoisotopic (exact) mass is 136 g/mol. The summed E-state index contributed by atoms with van der Waals surface area (Å²) in [5, 5.41) is 0. The molecule has 0 radical (unpaired) electrons. The summed E-state index contributed by atoms with van der Waals surface area (Å²) in [5.41, 5.74) is 0.